The number of benzene rings is 1. The third kappa shape index (κ3) is 4.11. The van der Waals surface area contributed by atoms with E-state index >= 15 is 0 Å². The van der Waals surface area contributed by atoms with Gasteiger partial charge in [-0.2, -0.15) is 0 Å². The lowest BCUT2D eigenvalue weighted by atomic mass is 10.0. The molecular weight excluding hydrogens is 328 g/mol. The second-order valence-corrected chi connectivity index (χ2v) is 6.37. The molecule has 2 aromatic rings. The van der Waals surface area contributed by atoms with Gasteiger partial charge in [0.05, 0.1) is 12.0 Å². The van der Waals surface area contributed by atoms with Crippen molar-refractivity contribution in [1.29, 1.82) is 0 Å². The van der Waals surface area contributed by atoms with Crippen LogP contribution in [0, 0.1) is 6.92 Å². The molecular formula is C17H23BrN2O. The van der Waals surface area contributed by atoms with Crippen LogP contribution < -0.4 is 10.6 Å². The molecule has 0 saturated heterocycles. The van der Waals surface area contributed by atoms with Gasteiger partial charge in [-0.05, 0) is 59.5 Å². The first-order chi connectivity index (χ1) is 10.0. The number of hydrogen-bond donors (Lipinski definition) is 1. The number of halogens is 1. The third-order valence-electron chi connectivity index (χ3n) is 3.82. The first-order valence-corrected chi connectivity index (χ1v) is 8.08. The third-order valence-corrected chi connectivity index (χ3v) is 4.45. The largest absolute Gasteiger partial charge is 0.469 e. The highest BCUT2D eigenvalue weighted by Gasteiger charge is 2.11. The van der Waals surface area contributed by atoms with E-state index in [1.165, 1.54) is 16.8 Å². The van der Waals surface area contributed by atoms with Crippen molar-refractivity contribution in [2.75, 3.05) is 11.9 Å². The van der Waals surface area contributed by atoms with Gasteiger partial charge in [-0.3, -0.25) is 0 Å². The quantitative estimate of drug-likeness (QED) is 0.845. The monoisotopic (exact) mass is 350 g/mol. The average molecular weight is 351 g/mol. The highest BCUT2D eigenvalue weighted by molar-refractivity contribution is 9.10. The Morgan fingerprint density at radius 1 is 1.33 bits per heavy atom. The summed E-state index contributed by atoms with van der Waals surface area (Å²) in [5.41, 5.74) is 9.68. The molecule has 0 aliphatic heterocycles. The minimum Gasteiger partial charge on any atom is -0.469 e. The topological polar surface area (TPSA) is 42.4 Å². The average Bonchev–Trinajstić information content (AvgIpc) is 2.84. The van der Waals surface area contributed by atoms with Crippen molar-refractivity contribution in [3.05, 3.63) is 51.9 Å². The minimum atomic E-state index is 0.231. The van der Waals surface area contributed by atoms with Crippen LogP contribution in [0.25, 0.3) is 0 Å². The highest BCUT2D eigenvalue weighted by Crippen LogP contribution is 2.28. The summed E-state index contributed by atoms with van der Waals surface area (Å²) in [6, 6.07) is 8.73. The standard InChI is InChI=1S/C17H23BrN2O/c1-4-15(19)9-13-5-6-17(16(18)10-13)20(3)11-14-7-8-21-12(14)2/h5-8,10,15H,4,9,11,19H2,1-3H3. The molecule has 4 heteroatoms. The molecule has 1 atom stereocenters. The summed E-state index contributed by atoms with van der Waals surface area (Å²) >= 11 is 3.68. The van der Waals surface area contributed by atoms with Gasteiger partial charge in [-0.1, -0.05) is 13.0 Å². The second kappa shape index (κ2) is 7.14. The van der Waals surface area contributed by atoms with E-state index in [-0.39, 0.29) is 6.04 Å². The van der Waals surface area contributed by atoms with Crippen molar-refractivity contribution in [3.8, 4) is 0 Å². The number of nitrogens with two attached hydrogens (primary N) is 1. The molecule has 21 heavy (non-hydrogen) atoms. The van der Waals surface area contributed by atoms with Gasteiger partial charge in [0.15, 0.2) is 0 Å². The maximum Gasteiger partial charge on any atom is 0.105 e. The predicted octanol–water partition coefficient (Wildman–Crippen LogP) is 4.27. The lowest BCUT2D eigenvalue weighted by Gasteiger charge is -2.21. The normalized spacial score (nSPS) is 12.4. The maximum absolute atomic E-state index is 6.02. The summed E-state index contributed by atoms with van der Waals surface area (Å²) in [7, 11) is 2.09. The fraction of sp³-hybridized carbons (Fsp3) is 0.412. The van der Waals surface area contributed by atoms with Gasteiger partial charge >= 0.3 is 0 Å². The molecule has 1 aromatic carbocycles. The Morgan fingerprint density at radius 3 is 2.67 bits per heavy atom. The Bertz CT molecular complexity index is 594. The second-order valence-electron chi connectivity index (χ2n) is 5.52. The van der Waals surface area contributed by atoms with Crippen molar-refractivity contribution in [1.82, 2.24) is 0 Å². The lowest BCUT2D eigenvalue weighted by molar-refractivity contribution is 0.529. The van der Waals surface area contributed by atoms with E-state index in [9.17, 15) is 0 Å². The fourth-order valence-corrected chi connectivity index (χ4v) is 3.08. The Kier molecular flexibility index (Phi) is 5.48. The zero-order chi connectivity index (χ0) is 15.4. The van der Waals surface area contributed by atoms with Crippen molar-refractivity contribution in [2.45, 2.75) is 39.3 Å². The van der Waals surface area contributed by atoms with Crippen LogP contribution in [-0.2, 0) is 13.0 Å². The van der Waals surface area contributed by atoms with Crippen LogP contribution in [0.4, 0.5) is 5.69 Å². The number of nitrogens with zero attached hydrogens (tertiary/aromatic N) is 1. The molecule has 3 nitrogen and oxygen atoms in total. The zero-order valence-electron chi connectivity index (χ0n) is 12.9. The molecule has 2 N–H and O–H groups in total. The number of furan rings is 1. The minimum absolute atomic E-state index is 0.231. The molecule has 0 bridgehead atoms. The molecule has 0 fully saturated rings. The number of aryl methyl sites for hydroxylation is 1. The molecule has 1 unspecified atom stereocenters. The number of rotatable bonds is 6. The van der Waals surface area contributed by atoms with Crippen molar-refractivity contribution >= 4 is 21.6 Å². The molecule has 0 amide bonds. The highest BCUT2D eigenvalue weighted by atomic mass is 79.9. The van der Waals surface area contributed by atoms with Crippen LogP contribution in [0.5, 0.6) is 0 Å². The van der Waals surface area contributed by atoms with Crippen LogP contribution >= 0.6 is 15.9 Å². The van der Waals surface area contributed by atoms with Crippen molar-refractivity contribution < 1.29 is 4.42 Å². The van der Waals surface area contributed by atoms with E-state index in [1.54, 1.807) is 6.26 Å². The molecule has 0 radical (unpaired) electrons. The molecule has 1 aromatic heterocycles. The zero-order valence-corrected chi connectivity index (χ0v) is 14.5. The Morgan fingerprint density at radius 2 is 2.10 bits per heavy atom. The lowest BCUT2D eigenvalue weighted by Crippen LogP contribution is -2.21. The summed E-state index contributed by atoms with van der Waals surface area (Å²) in [6.45, 7) is 4.94. The molecule has 2 rings (SSSR count). The fourth-order valence-electron chi connectivity index (χ4n) is 2.35. The van der Waals surface area contributed by atoms with Crippen molar-refractivity contribution in [2.24, 2.45) is 5.73 Å². The van der Waals surface area contributed by atoms with Crippen molar-refractivity contribution in [3.63, 3.8) is 0 Å². The Balaban J connectivity index is 2.11. The SMILES string of the molecule is CCC(N)Cc1ccc(N(C)Cc2ccoc2C)c(Br)c1. The van der Waals surface area contributed by atoms with Crippen LogP contribution in [0.2, 0.25) is 0 Å². The van der Waals surface area contributed by atoms with Crippen LogP contribution in [-0.4, -0.2) is 13.1 Å². The molecule has 114 valence electrons. The molecule has 0 aliphatic rings. The Hall–Kier alpha value is -1.26. The van der Waals surface area contributed by atoms with E-state index in [0.29, 0.717) is 0 Å². The van der Waals surface area contributed by atoms with E-state index < -0.39 is 0 Å². The summed E-state index contributed by atoms with van der Waals surface area (Å²) < 4.78 is 6.46. The van der Waals surface area contributed by atoms with E-state index in [4.69, 9.17) is 10.2 Å². The van der Waals surface area contributed by atoms with Gasteiger partial charge in [-0.15, -0.1) is 0 Å². The Labute approximate surface area is 135 Å². The summed E-state index contributed by atoms with van der Waals surface area (Å²) in [6.07, 6.45) is 3.65. The van der Waals surface area contributed by atoms with Gasteiger partial charge in [-0.25, -0.2) is 0 Å². The summed E-state index contributed by atoms with van der Waals surface area (Å²) in [5, 5.41) is 0. The van der Waals surface area contributed by atoms with Crippen LogP contribution in [0.15, 0.2) is 39.4 Å². The van der Waals surface area contributed by atoms with Gasteiger partial charge in [0.25, 0.3) is 0 Å². The van der Waals surface area contributed by atoms with Gasteiger partial charge in [0, 0.05) is 29.7 Å². The van der Waals surface area contributed by atoms with E-state index in [1.807, 2.05) is 13.0 Å². The molecule has 0 saturated carbocycles. The van der Waals surface area contributed by atoms with Crippen LogP contribution in [0.3, 0.4) is 0 Å². The first kappa shape index (κ1) is 16.1. The maximum atomic E-state index is 6.02. The van der Waals surface area contributed by atoms with Gasteiger partial charge < -0.3 is 15.1 Å². The smallest absolute Gasteiger partial charge is 0.105 e. The van der Waals surface area contributed by atoms with Crippen LogP contribution in [0.1, 0.15) is 30.2 Å². The molecule has 1 heterocycles. The van der Waals surface area contributed by atoms with E-state index in [2.05, 4.69) is 53.0 Å². The predicted molar refractivity (Wildman–Crippen MR) is 91.7 cm³/mol. The van der Waals surface area contributed by atoms with E-state index in [0.717, 1.165) is 29.6 Å². The molecule has 0 spiro atoms. The van der Waals surface area contributed by atoms with Gasteiger partial charge in [0.2, 0.25) is 0 Å². The number of hydrogen-bond acceptors (Lipinski definition) is 3. The summed E-state index contributed by atoms with van der Waals surface area (Å²) in [5.74, 6) is 0.975. The number of anilines is 1. The first-order valence-electron chi connectivity index (χ1n) is 7.29. The molecule has 0 aliphatic carbocycles. The summed E-state index contributed by atoms with van der Waals surface area (Å²) in [4.78, 5) is 2.21. The van der Waals surface area contributed by atoms with Gasteiger partial charge in [0.1, 0.15) is 5.76 Å².